The average Bonchev–Trinajstić information content (AvgIpc) is 3.20. The van der Waals surface area contributed by atoms with Gasteiger partial charge in [0, 0.05) is 18.7 Å². The fraction of sp³-hybridized carbons (Fsp3) is 0.652. The molecule has 4 saturated carbocycles. The Balaban J connectivity index is 1.26. The van der Waals surface area contributed by atoms with E-state index >= 15 is 0 Å². The second kappa shape index (κ2) is 7.36. The Kier molecular flexibility index (Phi) is 4.79. The van der Waals surface area contributed by atoms with Crippen LogP contribution in [0, 0.1) is 33.3 Å². The van der Waals surface area contributed by atoms with E-state index in [4.69, 9.17) is 4.74 Å². The van der Waals surface area contributed by atoms with E-state index in [1.165, 1.54) is 31.4 Å². The first-order valence-corrected chi connectivity index (χ1v) is 11.1. The Labute approximate surface area is 175 Å². The summed E-state index contributed by atoms with van der Waals surface area (Å²) in [6.45, 7) is 0.605. The topological polar surface area (TPSA) is 89.8 Å². The minimum atomic E-state index is -0.524. The fourth-order valence-corrected chi connectivity index (χ4v) is 6.94. The average molecular weight is 412 g/mol. The summed E-state index contributed by atoms with van der Waals surface area (Å²) in [5.74, 6) is 1.83. The molecule has 7 heteroatoms. The molecule has 7 nitrogen and oxygen atoms in total. The van der Waals surface area contributed by atoms with Crippen LogP contribution in [0.3, 0.4) is 0 Å². The highest BCUT2D eigenvalue weighted by Crippen LogP contribution is 2.60. The summed E-state index contributed by atoms with van der Waals surface area (Å²) in [4.78, 5) is 38.7. The number of amides is 1. The van der Waals surface area contributed by atoms with E-state index in [1.54, 1.807) is 17.0 Å². The van der Waals surface area contributed by atoms with Gasteiger partial charge in [0.15, 0.2) is 0 Å². The van der Waals surface area contributed by atoms with Crippen LogP contribution in [0.1, 0.15) is 56.9 Å². The maximum Gasteiger partial charge on any atom is 0.329 e. The third kappa shape index (κ3) is 3.38. The van der Waals surface area contributed by atoms with Gasteiger partial charge in [-0.05, 0) is 74.7 Å². The number of ether oxygens (including phenoxy) is 1. The first-order valence-electron chi connectivity index (χ1n) is 11.1. The molecule has 0 radical (unpaired) electrons. The lowest BCUT2D eigenvalue weighted by Gasteiger charge is -2.56. The second-order valence-corrected chi connectivity index (χ2v) is 9.89. The van der Waals surface area contributed by atoms with Crippen molar-refractivity contribution in [2.75, 3.05) is 6.54 Å². The van der Waals surface area contributed by atoms with Gasteiger partial charge in [0.05, 0.1) is 10.3 Å². The van der Waals surface area contributed by atoms with E-state index in [9.17, 15) is 19.7 Å². The van der Waals surface area contributed by atoms with Crippen molar-refractivity contribution in [2.24, 2.45) is 23.2 Å². The predicted molar refractivity (Wildman–Crippen MR) is 108 cm³/mol. The molecule has 1 saturated heterocycles. The summed E-state index contributed by atoms with van der Waals surface area (Å²) in [6.07, 6.45) is 8.25. The van der Waals surface area contributed by atoms with Crippen molar-refractivity contribution < 1.29 is 19.2 Å². The van der Waals surface area contributed by atoms with E-state index in [1.807, 2.05) is 0 Å². The summed E-state index contributed by atoms with van der Waals surface area (Å²) in [5, 5.41) is 10.9. The molecule has 1 aliphatic heterocycles. The van der Waals surface area contributed by atoms with Crippen LogP contribution in [0.5, 0.6) is 0 Å². The molecule has 4 bridgehead atoms. The van der Waals surface area contributed by atoms with Crippen molar-refractivity contribution in [3.8, 4) is 0 Å². The molecule has 160 valence electrons. The smallest absolute Gasteiger partial charge is 0.329 e. The Morgan fingerprint density at radius 3 is 2.43 bits per heavy atom. The van der Waals surface area contributed by atoms with Crippen LogP contribution < -0.4 is 0 Å². The SMILES string of the molecule is O=C(OCc1cccc([N+](=O)[O-])c1)C1CCCN1C(=O)C12CC3CC(CC(C3)C1)C2. The number of nitro groups is 1. The molecule has 1 heterocycles. The molecule has 1 unspecified atom stereocenters. The molecular weight excluding hydrogens is 384 g/mol. The van der Waals surface area contributed by atoms with Crippen LogP contribution in [0.15, 0.2) is 24.3 Å². The maximum absolute atomic E-state index is 13.7. The number of nitrogens with zero attached hydrogens (tertiary/aromatic N) is 2. The molecule has 1 amide bonds. The number of hydrogen-bond acceptors (Lipinski definition) is 5. The monoisotopic (exact) mass is 412 g/mol. The standard InChI is InChI=1S/C23H28N2O5/c26-21(30-14-15-3-1-4-19(10-15)25(28)29)20-5-2-6-24(20)22(27)23-11-16-7-17(12-23)9-18(8-16)13-23/h1,3-4,10,16-18,20H,2,5-9,11-14H2. The minimum Gasteiger partial charge on any atom is -0.459 e. The number of rotatable bonds is 5. The molecule has 4 aliphatic carbocycles. The molecule has 0 spiro atoms. The molecule has 1 aromatic rings. The largest absolute Gasteiger partial charge is 0.459 e. The molecule has 1 atom stereocenters. The van der Waals surface area contributed by atoms with Crippen molar-refractivity contribution in [3.63, 3.8) is 0 Å². The zero-order chi connectivity index (χ0) is 20.9. The highest BCUT2D eigenvalue weighted by Gasteiger charge is 2.56. The predicted octanol–water partition coefficient (Wildman–Crippen LogP) is 3.85. The summed E-state index contributed by atoms with van der Waals surface area (Å²) >= 11 is 0. The first kappa shape index (κ1) is 19.5. The van der Waals surface area contributed by atoms with Gasteiger partial charge < -0.3 is 9.64 Å². The molecule has 30 heavy (non-hydrogen) atoms. The number of benzene rings is 1. The fourth-order valence-electron chi connectivity index (χ4n) is 6.94. The van der Waals surface area contributed by atoms with E-state index in [0.29, 0.717) is 36.3 Å². The third-order valence-electron chi connectivity index (χ3n) is 7.78. The zero-order valence-electron chi connectivity index (χ0n) is 17.1. The van der Waals surface area contributed by atoms with Gasteiger partial charge in [-0.2, -0.15) is 0 Å². The first-order chi connectivity index (χ1) is 14.4. The van der Waals surface area contributed by atoms with Crippen molar-refractivity contribution >= 4 is 17.6 Å². The number of likely N-dealkylation sites (tertiary alicyclic amines) is 1. The Morgan fingerprint density at radius 2 is 1.80 bits per heavy atom. The van der Waals surface area contributed by atoms with Gasteiger partial charge >= 0.3 is 5.97 Å². The number of non-ortho nitro benzene ring substituents is 1. The van der Waals surface area contributed by atoms with Crippen molar-refractivity contribution in [2.45, 2.75) is 64.0 Å². The summed E-state index contributed by atoms with van der Waals surface area (Å²) in [5.41, 5.74) is 0.301. The van der Waals surface area contributed by atoms with Crippen LogP contribution in [0.2, 0.25) is 0 Å². The molecule has 1 aromatic carbocycles. The van der Waals surface area contributed by atoms with Gasteiger partial charge in [0.2, 0.25) is 5.91 Å². The number of carbonyl (C=O) groups is 2. The van der Waals surface area contributed by atoms with E-state index in [2.05, 4.69) is 0 Å². The van der Waals surface area contributed by atoms with Crippen molar-refractivity contribution in [1.82, 2.24) is 4.90 Å². The summed E-state index contributed by atoms with van der Waals surface area (Å²) in [7, 11) is 0. The quantitative estimate of drug-likeness (QED) is 0.416. The molecular formula is C23H28N2O5. The Morgan fingerprint density at radius 1 is 1.13 bits per heavy atom. The summed E-state index contributed by atoms with van der Waals surface area (Å²) in [6, 6.07) is 5.59. The van der Waals surface area contributed by atoms with Gasteiger partial charge in [-0.1, -0.05) is 12.1 Å². The van der Waals surface area contributed by atoms with Crippen LogP contribution in [-0.2, 0) is 20.9 Å². The van der Waals surface area contributed by atoms with E-state index < -0.39 is 16.9 Å². The molecule has 0 aromatic heterocycles. The number of carbonyl (C=O) groups excluding carboxylic acids is 2. The van der Waals surface area contributed by atoms with Crippen LogP contribution in [0.25, 0.3) is 0 Å². The van der Waals surface area contributed by atoms with Crippen molar-refractivity contribution in [1.29, 1.82) is 0 Å². The second-order valence-electron chi connectivity index (χ2n) is 9.89. The lowest BCUT2D eigenvalue weighted by atomic mass is 9.49. The van der Waals surface area contributed by atoms with Crippen LogP contribution in [0.4, 0.5) is 5.69 Å². The van der Waals surface area contributed by atoms with Gasteiger partial charge in [0.1, 0.15) is 12.6 Å². The highest BCUT2D eigenvalue weighted by atomic mass is 16.6. The number of nitro benzene ring substituents is 1. The summed E-state index contributed by atoms with van der Waals surface area (Å²) < 4.78 is 5.49. The van der Waals surface area contributed by atoms with Crippen molar-refractivity contribution in [3.05, 3.63) is 39.9 Å². The van der Waals surface area contributed by atoms with Gasteiger partial charge in [-0.25, -0.2) is 4.79 Å². The van der Waals surface area contributed by atoms with E-state index in [-0.39, 0.29) is 23.6 Å². The number of hydrogen-bond donors (Lipinski definition) is 0. The van der Waals surface area contributed by atoms with Gasteiger partial charge in [-0.3, -0.25) is 14.9 Å². The van der Waals surface area contributed by atoms with Gasteiger partial charge in [0.25, 0.3) is 5.69 Å². The molecule has 5 aliphatic rings. The maximum atomic E-state index is 13.7. The lowest BCUT2D eigenvalue weighted by molar-refractivity contribution is -0.384. The Bertz CT molecular complexity index is 847. The highest BCUT2D eigenvalue weighted by molar-refractivity contribution is 5.89. The zero-order valence-corrected chi connectivity index (χ0v) is 17.1. The molecule has 0 N–H and O–H groups in total. The Hall–Kier alpha value is -2.44. The lowest BCUT2D eigenvalue weighted by Crippen LogP contribution is -2.56. The third-order valence-corrected chi connectivity index (χ3v) is 7.78. The van der Waals surface area contributed by atoms with E-state index in [0.717, 1.165) is 25.7 Å². The van der Waals surface area contributed by atoms with Crippen LogP contribution in [-0.4, -0.2) is 34.3 Å². The molecule has 5 fully saturated rings. The minimum absolute atomic E-state index is 0.0175. The number of esters is 1. The van der Waals surface area contributed by atoms with Crippen LogP contribution >= 0.6 is 0 Å². The normalized spacial score (nSPS) is 34.2. The molecule has 6 rings (SSSR count). The van der Waals surface area contributed by atoms with Gasteiger partial charge in [-0.15, -0.1) is 0 Å².